The highest BCUT2D eigenvalue weighted by atomic mass is 32.2. The van der Waals surface area contributed by atoms with Crippen LogP contribution in [0, 0.1) is 23.7 Å². The number of benzene rings is 1. The molecule has 2 bridgehead atoms. The monoisotopic (exact) mass is 454 g/mol. The zero-order valence-corrected chi connectivity index (χ0v) is 20.0. The molecule has 174 valence electrons. The predicted octanol–water partition coefficient (Wildman–Crippen LogP) is 6.52. The van der Waals surface area contributed by atoms with E-state index in [-0.39, 0.29) is 6.42 Å². The van der Waals surface area contributed by atoms with Gasteiger partial charge in [0.2, 0.25) is 0 Å². The fraction of sp³-hybridized carbons (Fsp3) is 0.607. The van der Waals surface area contributed by atoms with E-state index in [0.717, 1.165) is 37.9 Å². The number of ether oxygens (including phenoxy) is 1. The lowest BCUT2D eigenvalue weighted by Crippen LogP contribution is -2.26. The van der Waals surface area contributed by atoms with Crippen molar-refractivity contribution in [1.82, 2.24) is 0 Å². The highest BCUT2D eigenvalue weighted by molar-refractivity contribution is 7.99. The second-order valence-corrected chi connectivity index (χ2v) is 10.2. The minimum atomic E-state index is -0.700. The van der Waals surface area contributed by atoms with Gasteiger partial charge in [0.1, 0.15) is 0 Å². The highest BCUT2D eigenvalue weighted by Crippen LogP contribution is 2.47. The van der Waals surface area contributed by atoms with Gasteiger partial charge in [-0.25, -0.2) is 0 Å². The molecule has 0 aliphatic carbocycles. The van der Waals surface area contributed by atoms with Crippen molar-refractivity contribution in [3.05, 3.63) is 48.0 Å². The second-order valence-electron chi connectivity index (χ2n) is 8.99. The summed E-state index contributed by atoms with van der Waals surface area (Å²) in [5.41, 5.74) is 1.30. The Morgan fingerprint density at radius 1 is 1.03 bits per heavy atom. The number of hydrogen-bond acceptors (Lipinski definition) is 3. The molecule has 4 heteroatoms. The molecule has 2 saturated heterocycles. The molecule has 3 rings (SSSR count). The van der Waals surface area contributed by atoms with Gasteiger partial charge in [-0.3, -0.25) is 4.79 Å². The van der Waals surface area contributed by atoms with E-state index in [1.54, 1.807) is 0 Å². The largest absolute Gasteiger partial charge is 0.481 e. The van der Waals surface area contributed by atoms with E-state index in [1.165, 1.54) is 43.4 Å². The lowest BCUT2D eigenvalue weighted by Gasteiger charge is -2.27. The number of thioether (sulfide) groups is 1. The number of aliphatic carboxylic acids is 1. The molecule has 4 atom stereocenters. The Hall–Kier alpha value is -1.70. The molecule has 0 spiro atoms. The van der Waals surface area contributed by atoms with Gasteiger partial charge in [-0.1, -0.05) is 54.8 Å². The first kappa shape index (κ1) is 24.9. The summed E-state index contributed by atoms with van der Waals surface area (Å²) in [4.78, 5) is 10.6. The van der Waals surface area contributed by atoms with Crippen LogP contribution < -0.4 is 0 Å². The minimum Gasteiger partial charge on any atom is -0.481 e. The zero-order chi connectivity index (χ0) is 22.4. The molecule has 1 aromatic rings. The predicted molar refractivity (Wildman–Crippen MR) is 134 cm³/mol. The third kappa shape index (κ3) is 8.68. The van der Waals surface area contributed by atoms with Crippen LogP contribution >= 0.6 is 11.8 Å². The molecule has 2 aliphatic heterocycles. The minimum absolute atomic E-state index is 0.266. The third-order valence-corrected chi connectivity index (χ3v) is 7.70. The number of carboxylic acids is 1. The molecule has 1 N–H and O–H groups in total. The van der Waals surface area contributed by atoms with E-state index in [9.17, 15) is 4.79 Å². The van der Waals surface area contributed by atoms with Gasteiger partial charge in [-0.2, -0.15) is 11.8 Å². The van der Waals surface area contributed by atoms with Gasteiger partial charge in [0, 0.05) is 25.0 Å². The number of fused-ring (bicyclic) bond motifs is 2. The van der Waals surface area contributed by atoms with Gasteiger partial charge >= 0.3 is 5.97 Å². The number of hydrogen-bond donors (Lipinski definition) is 1. The van der Waals surface area contributed by atoms with E-state index in [1.807, 2.05) is 17.8 Å². The van der Waals surface area contributed by atoms with Crippen LogP contribution in [0.25, 0.3) is 0 Å². The van der Waals surface area contributed by atoms with E-state index in [0.29, 0.717) is 24.0 Å². The van der Waals surface area contributed by atoms with Gasteiger partial charge in [0.05, 0.1) is 12.2 Å². The van der Waals surface area contributed by atoms with Crippen molar-refractivity contribution in [3.8, 4) is 11.8 Å². The topological polar surface area (TPSA) is 46.5 Å². The molecule has 0 unspecified atom stereocenters. The summed E-state index contributed by atoms with van der Waals surface area (Å²) in [6.45, 7) is 0. The summed E-state index contributed by atoms with van der Waals surface area (Å²) >= 11 is 2.03. The van der Waals surface area contributed by atoms with E-state index in [2.05, 4.69) is 48.3 Å². The number of carboxylic acid groups (broad SMARTS) is 1. The lowest BCUT2D eigenvalue weighted by molar-refractivity contribution is -0.137. The number of carbonyl (C=O) groups is 1. The Morgan fingerprint density at radius 3 is 2.66 bits per heavy atom. The van der Waals surface area contributed by atoms with Crippen molar-refractivity contribution in [3.63, 3.8) is 0 Å². The standard InChI is InChI=1S/C28H38O3S/c29-28(30)18-9-2-1-8-16-24-25(27-20-19-26(24)31-27)17-10-12-22-32-21-11-4-7-15-23-13-5-3-6-14-23/h1,3,5-6,8,13-14,24-27H,2,9-12,15-22H2,(H,29,30)/b8-1-/t24-,25+,26-,27+/m1/s1. The summed E-state index contributed by atoms with van der Waals surface area (Å²) in [6.07, 6.45) is 16.5. The summed E-state index contributed by atoms with van der Waals surface area (Å²) in [5.74, 6) is 9.64. The Kier molecular flexibility index (Phi) is 11.3. The molecule has 32 heavy (non-hydrogen) atoms. The first-order valence-corrected chi connectivity index (χ1v) is 13.5. The SMILES string of the molecule is O=C(O)CCC/C=C\C[C@@H]1[C@H](CCCCSCCC#CCc2ccccc2)[C@@H]2CC[C@H]1O2. The van der Waals surface area contributed by atoms with Crippen LogP contribution in [-0.2, 0) is 16.0 Å². The van der Waals surface area contributed by atoms with Gasteiger partial charge in [0.25, 0.3) is 0 Å². The van der Waals surface area contributed by atoms with Crippen LogP contribution in [0.5, 0.6) is 0 Å². The van der Waals surface area contributed by atoms with Crippen molar-refractivity contribution >= 4 is 17.7 Å². The maximum Gasteiger partial charge on any atom is 0.303 e. The van der Waals surface area contributed by atoms with E-state index >= 15 is 0 Å². The number of rotatable bonds is 14. The molecular weight excluding hydrogens is 416 g/mol. The molecule has 0 radical (unpaired) electrons. The summed E-state index contributed by atoms with van der Waals surface area (Å²) in [7, 11) is 0. The fourth-order valence-corrected chi connectivity index (χ4v) is 5.86. The van der Waals surface area contributed by atoms with Crippen LogP contribution in [-0.4, -0.2) is 34.8 Å². The number of allylic oxidation sites excluding steroid dienone is 2. The Bertz CT molecular complexity index is 764. The van der Waals surface area contributed by atoms with E-state index < -0.39 is 5.97 Å². The van der Waals surface area contributed by atoms with Crippen LogP contribution in [0.2, 0.25) is 0 Å². The summed E-state index contributed by atoms with van der Waals surface area (Å²) in [6, 6.07) is 10.4. The molecule has 0 amide bonds. The molecule has 2 heterocycles. The molecule has 0 saturated carbocycles. The molecule has 0 aromatic heterocycles. The smallest absolute Gasteiger partial charge is 0.303 e. The maximum absolute atomic E-state index is 10.6. The average Bonchev–Trinajstić information content (AvgIpc) is 3.40. The van der Waals surface area contributed by atoms with Crippen molar-refractivity contribution < 1.29 is 14.6 Å². The van der Waals surface area contributed by atoms with Gasteiger partial charge < -0.3 is 9.84 Å². The van der Waals surface area contributed by atoms with Gasteiger partial charge in [-0.05, 0) is 68.1 Å². The second kappa shape index (κ2) is 14.4. The third-order valence-electron chi connectivity index (χ3n) is 6.63. The Labute approximate surface area is 198 Å². The maximum atomic E-state index is 10.6. The average molecular weight is 455 g/mol. The van der Waals surface area contributed by atoms with Crippen LogP contribution in [0.4, 0.5) is 0 Å². The first-order chi connectivity index (χ1) is 15.7. The summed E-state index contributed by atoms with van der Waals surface area (Å²) in [5, 5.41) is 8.73. The normalized spacial score (nSPS) is 24.0. The summed E-state index contributed by atoms with van der Waals surface area (Å²) < 4.78 is 6.24. The first-order valence-electron chi connectivity index (χ1n) is 12.3. The molecular formula is C28H38O3S. The molecule has 2 aliphatic rings. The van der Waals surface area contributed by atoms with Gasteiger partial charge in [-0.15, -0.1) is 5.92 Å². The number of unbranched alkanes of at least 4 members (excludes halogenated alkanes) is 2. The van der Waals surface area contributed by atoms with Crippen LogP contribution in [0.1, 0.15) is 69.8 Å². The van der Waals surface area contributed by atoms with Crippen molar-refractivity contribution in [1.29, 1.82) is 0 Å². The highest BCUT2D eigenvalue weighted by Gasteiger charge is 2.47. The van der Waals surface area contributed by atoms with Crippen LogP contribution in [0.3, 0.4) is 0 Å². The zero-order valence-electron chi connectivity index (χ0n) is 19.2. The van der Waals surface area contributed by atoms with Crippen molar-refractivity contribution in [2.24, 2.45) is 11.8 Å². The Morgan fingerprint density at radius 2 is 1.84 bits per heavy atom. The Balaban J connectivity index is 1.24. The lowest BCUT2D eigenvalue weighted by atomic mass is 9.75. The molecule has 2 fully saturated rings. The van der Waals surface area contributed by atoms with Gasteiger partial charge in [0.15, 0.2) is 0 Å². The van der Waals surface area contributed by atoms with Crippen molar-refractivity contribution in [2.45, 2.75) is 82.8 Å². The van der Waals surface area contributed by atoms with Crippen LogP contribution in [0.15, 0.2) is 42.5 Å². The molecule has 1 aromatic carbocycles. The fourth-order valence-electron chi connectivity index (χ4n) is 5.00. The van der Waals surface area contributed by atoms with E-state index in [4.69, 9.17) is 9.84 Å². The molecule has 3 nitrogen and oxygen atoms in total. The van der Waals surface area contributed by atoms with Crippen molar-refractivity contribution in [2.75, 3.05) is 11.5 Å². The quantitative estimate of drug-likeness (QED) is 0.197.